The lowest BCUT2D eigenvalue weighted by molar-refractivity contribution is 1.11. The van der Waals surface area contributed by atoms with Gasteiger partial charge in [-0.1, -0.05) is 6.08 Å². The van der Waals surface area contributed by atoms with E-state index in [4.69, 9.17) is 0 Å². The normalized spacial score (nSPS) is 18.3. The average Bonchev–Trinajstić information content (AvgIpc) is 1.92. The predicted molar refractivity (Wildman–Crippen MR) is 41.6 cm³/mol. The van der Waals surface area contributed by atoms with Crippen LogP contribution in [0.3, 0.4) is 0 Å². The van der Waals surface area contributed by atoms with Crippen molar-refractivity contribution in [1.29, 1.82) is 0 Å². The Morgan fingerprint density at radius 3 is 3.20 bits per heavy atom. The zero-order valence-electron chi connectivity index (χ0n) is 5.96. The number of nitrogens with zero attached hydrogens (tertiary/aromatic N) is 1. The van der Waals surface area contributed by atoms with Gasteiger partial charge in [0, 0.05) is 12.4 Å². The van der Waals surface area contributed by atoms with Crippen molar-refractivity contribution in [2.75, 3.05) is 0 Å². The first-order chi connectivity index (χ1) is 4.92. The topological polar surface area (TPSA) is 12.9 Å². The second-order valence-electron chi connectivity index (χ2n) is 2.52. The first-order valence-electron chi connectivity index (χ1n) is 3.50. The Kier molecular flexibility index (Phi) is 1.10. The predicted octanol–water partition coefficient (Wildman–Crippen LogP) is 2.04. The molecular weight excluding hydrogens is 122 g/mol. The lowest BCUT2D eigenvalue weighted by atomic mass is 9.85. The van der Waals surface area contributed by atoms with Crippen molar-refractivity contribution in [3.63, 3.8) is 0 Å². The van der Waals surface area contributed by atoms with Crippen LogP contribution in [0.5, 0.6) is 0 Å². The molecule has 0 saturated heterocycles. The fourth-order valence-corrected chi connectivity index (χ4v) is 1.32. The van der Waals surface area contributed by atoms with Crippen LogP contribution in [0.2, 0.25) is 0 Å². The van der Waals surface area contributed by atoms with Gasteiger partial charge in [-0.2, -0.15) is 0 Å². The second-order valence-corrected chi connectivity index (χ2v) is 2.52. The molecule has 0 spiro atoms. The SMILES string of the molecule is CC=C1Cc2ccncc21. The molecule has 0 aromatic carbocycles. The Hall–Kier alpha value is -1.11. The number of hydrogen-bond donors (Lipinski definition) is 0. The average molecular weight is 131 g/mol. The molecule has 0 N–H and O–H groups in total. The van der Waals surface area contributed by atoms with Crippen LogP contribution in [0.25, 0.3) is 5.57 Å². The molecule has 1 aliphatic carbocycles. The maximum absolute atomic E-state index is 4.05. The van der Waals surface area contributed by atoms with Crippen molar-refractivity contribution in [1.82, 2.24) is 4.98 Å². The lowest BCUT2D eigenvalue weighted by Crippen LogP contribution is -2.06. The van der Waals surface area contributed by atoms with E-state index in [1.807, 2.05) is 12.4 Å². The molecule has 0 amide bonds. The Labute approximate surface area is 60.4 Å². The van der Waals surface area contributed by atoms with Gasteiger partial charge in [0.1, 0.15) is 0 Å². The molecule has 1 aromatic heterocycles. The molecule has 0 unspecified atom stereocenters. The summed E-state index contributed by atoms with van der Waals surface area (Å²) in [6, 6.07) is 2.09. The van der Waals surface area contributed by atoms with Crippen LogP contribution in [-0.2, 0) is 6.42 Å². The first-order valence-corrected chi connectivity index (χ1v) is 3.50. The van der Waals surface area contributed by atoms with Crippen LogP contribution in [0, 0.1) is 0 Å². The third-order valence-corrected chi connectivity index (χ3v) is 1.99. The zero-order valence-corrected chi connectivity index (χ0v) is 5.96. The minimum atomic E-state index is 1.13. The highest BCUT2D eigenvalue weighted by Gasteiger charge is 2.16. The number of rotatable bonds is 0. The summed E-state index contributed by atoms with van der Waals surface area (Å²) in [7, 11) is 0. The summed E-state index contributed by atoms with van der Waals surface area (Å²) in [6.45, 7) is 2.07. The smallest absolute Gasteiger partial charge is 0.0345 e. The molecule has 1 heteroatoms. The van der Waals surface area contributed by atoms with Gasteiger partial charge in [0.15, 0.2) is 0 Å². The highest BCUT2D eigenvalue weighted by Crippen LogP contribution is 2.32. The molecule has 0 atom stereocenters. The van der Waals surface area contributed by atoms with Crippen molar-refractivity contribution in [2.45, 2.75) is 13.3 Å². The Bertz CT molecular complexity index is 287. The molecule has 1 heterocycles. The maximum atomic E-state index is 4.05. The molecule has 1 aliphatic rings. The van der Waals surface area contributed by atoms with Crippen LogP contribution in [0.1, 0.15) is 18.1 Å². The van der Waals surface area contributed by atoms with E-state index in [1.165, 1.54) is 16.7 Å². The molecule has 50 valence electrons. The lowest BCUT2D eigenvalue weighted by Gasteiger charge is -2.20. The number of hydrogen-bond acceptors (Lipinski definition) is 1. The fourth-order valence-electron chi connectivity index (χ4n) is 1.32. The number of fused-ring (bicyclic) bond motifs is 1. The summed E-state index contributed by atoms with van der Waals surface area (Å²) < 4.78 is 0. The molecule has 0 radical (unpaired) electrons. The van der Waals surface area contributed by atoms with Gasteiger partial charge >= 0.3 is 0 Å². The minimum absolute atomic E-state index is 1.13. The van der Waals surface area contributed by atoms with Crippen LogP contribution >= 0.6 is 0 Å². The highest BCUT2D eigenvalue weighted by atomic mass is 14.6. The molecule has 1 nitrogen and oxygen atoms in total. The summed E-state index contributed by atoms with van der Waals surface area (Å²) in [5.74, 6) is 0. The molecule has 10 heavy (non-hydrogen) atoms. The van der Waals surface area contributed by atoms with E-state index in [2.05, 4.69) is 24.1 Å². The molecule has 1 aromatic rings. The van der Waals surface area contributed by atoms with Crippen LogP contribution in [0.15, 0.2) is 24.5 Å². The maximum Gasteiger partial charge on any atom is 0.0345 e. The highest BCUT2D eigenvalue weighted by molar-refractivity contribution is 5.78. The number of aromatic nitrogens is 1. The molecular formula is C9H9N. The Morgan fingerprint density at radius 2 is 2.50 bits per heavy atom. The van der Waals surface area contributed by atoms with Crippen LogP contribution in [0.4, 0.5) is 0 Å². The van der Waals surface area contributed by atoms with Gasteiger partial charge in [-0.25, -0.2) is 0 Å². The van der Waals surface area contributed by atoms with E-state index in [1.54, 1.807) is 0 Å². The molecule has 0 bridgehead atoms. The van der Waals surface area contributed by atoms with E-state index in [0.29, 0.717) is 0 Å². The second kappa shape index (κ2) is 1.94. The summed E-state index contributed by atoms with van der Waals surface area (Å²) in [5.41, 5.74) is 4.20. The quantitative estimate of drug-likeness (QED) is 0.525. The van der Waals surface area contributed by atoms with Crippen molar-refractivity contribution in [3.05, 3.63) is 35.7 Å². The van der Waals surface area contributed by atoms with Gasteiger partial charge < -0.3 is 0 Å². The summed E-state index contributed by atoms with van der Waals surface area (Å²) in [4.78, 5) is 4.05. The largest absolute Gasteiger partial charge is 0.264 e. The van der Waals surface area contributed by atoms with Gasteiger partial charge in [0.25, 0.3) is 0 Å². The van der Waals surface area contributed by atoms with Crippen molar-refractivity contribution >= 4 is 5.57 Å². The van der Waals surface area contributed by atoms with E-state index in [-0.39, 0.29) is 0 Å². The van der Waals surface area contributed by atoms with E-state index in [0.717, 1.165) is 6.42 Å². The van der Waals surface area contributed by atoms with Gasteiger partial charge in [-0.05, 0) is 36.1 Å². The van der Waals surface area contributed by atoms with Crippen molar-refractivity contribution in [2.24, 2.45) is 0 Å². The minimum Gasteiger partial charge on any atom is -0.264 e. The molecule has 0 saturated carbocycles. The molecule has 0 aliphatic heterocycles. The Balaban J connectivity index is 2.53. The van der Waals surface area contributed by atoms with Gasteiger partial charge in [-0.3, -0.25) is 4.98 Å². The Morgan fingerprint density at radius 1 is 1.60 bits per heavy atom. The number of allylic oxidation sites excluding steroid dienone is 2. The van der Waals surface area contributed by atoms with Crippen LogP contribution < -0.4 is 0 Å². The fraction of sp³-hybridized carbons (Fsp3) is 0.222. The van der Waals surface area contributed by atoms with Gasteiger partial charge in [-0.15, -0.1) is 0 Å². The zero-order chi connectivity index (χ0) is 6.97. The third kappa shape index (κ3) is 0.604. The molecule has 0 fully saturated rings. The van der Waals surface area contributed by atoms with E-state index < -0.39 is 0 Å². The summed E-state index contributed by atoms with van der Waals surface area (Å²) in [6.07, 6.45) is 7.08. The van der Waals surface area contributed by atoms with Crippen molar-refractivity contribution < 1.29 is 0 Å². The monoisotopic (exact) mass is 131 g/mol. The summed E-state index contributed by atoms with van der Waals surface area (Å²) >= 11 is 0. The van der Waals surface area contributed by atoms with E-state index in [9.17, 15) is 0 Å². The van der Waals surface area contributed by atoms with E-state index >= 15 is 0 Å². The van der Waals surface area contributed by atoms with Crippen LogP contribution in [-0.4, -0.2) is 4.98 Å². The number of pyridine rings is 1. The van der Waals surface area contributed by atoms with Crippen molar-refractivity contribution in [3.8, 4) is 0 Å². The molecule has 2 rings (SSSR count). The van der Waals surface area contributed by atoms with Gasteiger partial charge in [0.05, 0.1) is 0 Å². The summed E-state index contributed by atoms with van der Waals surface area (Å²) in [5, 5.41) is 0. The third-order valence-electron chi connectivity index (χ3n) is 1.99. The first kappa shape index (κ1) is 5.66. The standard InChI is InChI=1S/C9H9N/c1-2-7-5-8-3-4-10-6-9(7)8/h2-4,6H,5H2,1H3. The van der Waals surface area contributed by atoms with Gasteiger partial charge in [0.2, 0.25) is 0 Å².